The maximum atomic E-state index is 12.9. The standard InChI is InChI=1S/C23H23F3N4O4S/c1-4-10-30-20(13-34-17-7-5-6-15(11-17)23(24,25)26)28-29-22(30)35-14-21(31)27-18-12-16(32-2)8-9-19(18)33-3/h4-9,11-12H,1,10,13-14H2,2-3H3,(H,27,31). The van der Waals surface area contributed by atoms with Crippen LogP contribution in [0.2, 0.25) is 0 Å². The summed E-state index contributed by atoms with van der Waals surface area (Å²) in [6.45, 7) is 3.91. The van der Waals surface area contributed by atoms with Gasteiger partial charge in [0.05, 0.1) is 31.2 Å². The number of nitrogens with zero attached hydrogens (tertiary/aromatic N) is 3. The number of nitrogens with one attached hydrogen (secondary N) is 1. The Kier molecular flexibility index (Phi) is 8.63. The lowest BCUT2D eigenvalue weighted by molar-refractivity contribution is -0.137. The summed E-state index contributed by atoms with van der Waals surface area (Å²) < 4.78 is 56.4. The fraction of sp³-hybridized carbons (Fsp3) is 0.261. The van der Waals surface area contributed by atoms with Crippen LogP contribution in [0.25, 0.3) is 0 Å². The number of aromatic nitrogens is 3. The minimum absolute atomic E-state index is 0.0180. The molecule has 0 spiro atoms. The summed E-state index contributed by atoms with van der Waals surface area (Å²) in [5.41, 5.74) is -0.349. The largest absolute Gasteiger partial charge is 0.497 e. The number of amides is 1. The molecule has 0 aliphatic carbocycles. The Labute approximate surface area is 204 Å². The summed E-state index contributed by atoms with van der Waals surface area (Å²) in [6.07, 6.45) is -2.86. The summed E-state index contributed by atoms with van der Waals surface area (Å²) in [5, 5.41) is 11.3. The number of carbonyl (C=O) groups excluding carboxylic acids is 1. The number of benzene rings is 2. The van der Waals surface area contributed by atoms with Gasteiger partial charge in [-0.2, -0.15) is 13.2 Å². The van der Waals surface area contributed by atoms with Crippen LogP contribution in [0, 0.1) is 0 Å². The molecule has 3 rings (SSSR count). The van der Waals surface area contributed by atoms with Gasteiger partial charge in [-0.25, -0.2) is 0 Å². The van der Waals surface area contributed by atoms with E-state index in [0.717, 1.165) is 23.9 Å². The van der Waals surface area contributed by atoms with Crippen LogP contribution in [-0.4, -0.2) is 40.6 Å². The van der Waals surface area contributed by atoms with Crippen molar-refractivity contribution in [3.05, 3.63) is 66.5 Å². The number of thioether (sulfide) groups is 1. The van der Waals surface area contributed by atoms with E-state index >= 15 is 0 Å². The van der Waals surface area contributed by atoms with Gasteiger partial charge >= 0.3 is 6.18 Å². The van der Waals surface area contributed by atoms with Crippen molar-refractivity contribution >= 4 is 23.4 Å². The number of ether oxygens (including phenoxy) is 3. The lowest BCUT2D eigenvalue weighted by atomic mass is 10.2. The molecule has 1 amide bonds. The van der Waals surface area contributed by atoms with Crippen molar-refractivity contribution in [3.63, 3.8) is 0 Å². The molecule has 186 valence electrons. The van der Waals surface area contributed by atoms with Gasteiger partial charge in [-0.1, -0.05) is 23.9 Å². The molecule has 0 radical (unpaired) electrons. The molecule has 1 N–H and O–H groups in total. The second-order valence-electron chi connectivity index (χ2n) is 7.02. The van der Waals surface area contributed by atoms with E-state index in [9.17, 15) is 18.0 Å². The van der Waals surface area contributed by atoms with Crippen LogP contribution < -0.4 is 19.5 Å². The van der Waals surface area contributed by atoms with Crippen LogP contribution in [0.15, 0.2) is 60.3 Å². The first-order chi connectivity index (χ1) is 16.7. The van der Waals surface area contributed by atoms with Gasteiger partial charge in [-0.3, -0.25) is 9.36 Å². The Hall–Kier alpha value is -3.67. The number of hydrogen-bond acceptors (Lipinski definition) is 7. The normalized spacial score (nSPS) is 11.1. The number of carbonyl (C=O) groups is 1. The zero-order valence-electron chi connectivity index (χ0n) is 19.0. The molecule has 12 heteroatoms. The third-order valence-corrected chi connectivity index (χ3v) is 5.61. The highest BCUT2D eigenvalue weighted by Gasteiger charge is 2.30. The highest BCUT2D eigenvalue weighted by Crippen LogP contribution is 2.32. The Morgan fingerprint density at radius 1 is 1.14 bits per heavy atom. The van der Waals surface area contributed by atoms with E-state index in [-0.39, 0.29) is 24.0 Å². The van der Waals surface area contributed by atoms with Gasteiger partial charge in [-0.05, 0) is 30.3 Å². The van der Waals surface area contributed by atoms with E-state index in [1.807, 2.05) is 0 Å². The molecule has 2 aromatic carbocycles. The van der Waals surface area contributed by atoms with Crippen LogP contribution in [0.1, 0.15) is 11.4 Å². The number of methoxy groups -OCH3 is 2. The maximum Gasteiger partial charge on any atom is 0.416 e. The quantitative estimate of drug-likeness (QED) is 0.294. The van der Waals surface area contributed by atoms with Crippen LogP contribution in [0.4, 0.5) is 18.9 Å². The topological polar surface area (TPSA) is 87.5 Å². The van der Waals surface area contributed by atoms with Crippen LogP contribution >= 0.6 is 11.8 Å². The Morgan fingerprint density at radius 3 is 2.63 bits per heavy atom. The van der Waals surface area contributed by atoms with Gasteiger partial charge in [-0.15, -0.1) is 16.8 Å². The fourth-order valence-electron chi connectivity index (χ4n) is 2.98. The van der Waals surface area contributed by atoms with E-state index in [4.69, 9.17) is 14.2 Å². The SMILES string of the molecule is C=CCn1c(COc2cccc(C(F)(F)F)c2)nnc1SCC(=O)Nc1cc(OC)ccc1OC. The van der Waals surface area contributed by atoms with Crippen LogP contribution in [0.3, 0.4) is 0 Å². The molecule has 0 aliphatic heterocycles. The second-order valence-corrected chi connectivity index (χ2v) is 7.96. The zero-order chi connectivity index (χ0) is 25.4. The molecule has 8 nitrogen and oxygen atoms in total. The van der Waals surface area contributed by atoms with Crippen molar-refractivity contribution in [3.8, 4) is 17.2 Å². The Morgan fingerprint density at radius 2 is 1.94 bits per heavy atom. The molecule has 0 saturated carbocycles. The summed E-state index contributed by atoms with van der Waals surface area (Å²) in [7, 11) is 3.01. The third-order valence-electron chi connectivity index (χ3n) is 4.65. The van der Waals surface area contributed by atoms with Gasteiger partial charge < -0.3 is 19.5 Å². The van der Waals surface area contributed by atoms with Crippen LogP contribution in [0.5, 0.6) is 17.2 Å². The van der Waals surface area contributed by atoms with Crippen molar-refractivity contribution in [2.24, 2.45) is 0 Å². The summed E-state index contributed by atoms with van der Waals surface area (Å²) in [4.78, 5) is 12.5. The van der Waals surface area contributed by atoms with Gasteiger partial charge in [0.25, 0.3) is 0 Å². The van der Waals surface area contributed by atoms with E-state index < -0.39 is 11.7 Å². The first kappa shape index (κ1) is 25.9. The molecule has 0 unspecified atom stereocenters. The average molecular weight is 509 g/mol. The van der Waals surface area contributed by atoms with Crippen molar-refractivity contribution in [1.29, 1.82) is 0 Å². The van der Waals surface area contributed by atoms with Crippen LogP contribution in [-0.2, 0) is 24.1 Å². The van der Waals surface area contributed by atoms with Gasteiger partial charge in [0.2, 0.25) is 5.91 Å². The number of halogens is 3. The highest BCUT2D eigenvalue weighted by atomic mass is 32.2. The predicted molar refractivity (Wildman–Crippen MR) is 125 cm³/mol. The van der Waals surface area contributed by atoms with Crippen molar-refractivity contribution in [2.75, 3.05) is 25.3 Å². The maximum absolute atomic E-state index is 12.9. The number of allylic oxidation sites excluding steroid dienone is 1. The molecule has 35 heavy (non-hydrogen) atoms. The lowest BCUT2D eigenvalue weighted by Crippen LogP contribution is -2.15. The van der Waals surface area contributed by atoms with Gasteiger partial charge in [0.1, 0.15) is 23.9 Å². The molecule has 1 heterocycles. The first-order valence-electron chi connectivity index (χ1n) is 10.2. The lowest BCUT2D eigenvalue weighted by Gasteiger charge is -2.12. The van der Waals surface area contributed by atoms with Crippen molar-refractivity contribution in [1.82, 2.24) is 14.8 Å². The third kappa shape index (κ3) is 6.92. The fourth-order valence-corrected chi connectivity index (χ4v) is 3.75. The van der Waals surface area contributed by atoms with Crippen molar-refractivity contribution < 1.29 is 32.2 Å². The van der Waals surface area contributed by atoms with E-state index in [2.05, 4.69) is 22.1 Å². The van der Waals surface area contributed by atoms with E-state index in [1.54, 1.807) is 28.8 Å². The number of anilines is 1. The molecule has 0 aliphatic rings. The molecular formula is C23H23F3N4O4S. The molecule has 1 aromatic heterocycles. The minimum Gasteiger partial charge on any atom is -0.497 e. The van der Waals surface area contributed by atoms with E-state index in [0.29, 0.717) is 34.7 Å². The summed E-state index contributed by atoms with van der Waals surface area (Å²) in [5.74, 6) is 1.17. The van der Waals surface area contributed by atoms with Gasteiger partial charge in [0, 0.05) is 12.6 Å². The predicted octanol–water partition coefficient (Wildman–Crippen LogP) is 4.81. The molecule has 0 saturated heterocycles. The summed E-state index contributed by atoms with van der Waals surface area (Å²) >= 11 is 1.14. The second kappa shape index (κ2) is 11.6. The number of hydrogen-bond donors (Lipinski definition) is 1. The highest BCUT2D eigenvalue weighted by molar-refractivity contribution is 7.99. The molecule has 0 fully saturated rings. The first-order valence-corrected chi connectivity index (χ1v) is 11.2. The number of rotatable bonds is 11. The molecule has 3 aromatic rings. The molecule has 0 atom stereocenters. The molecular weight excluding hydrogens is 485 g/mol. The zero-order valence-corrected chi connectivity index (χ0v) is 19.8. The Bertz CT molecular complexity index is 1180. The molecule has 0 bridgehead atoms. The average Bonchev–Trinajstić information content (AvgIpc) is 3.22. The Balaban J connectivity index is 1.66. The van der Waals surface area contributed by atoms with E-state index in [1.165, 1.54) is 26.4 Å². The van der Waals surface area contributed by atoms with Crippen molar-refractivity contribution in [2.45, 2.75) is 24.5 Å². The smallest absolute Gasteiger partial charge is 0.416 e. The minimum atomic E-state index is -4.47. The number of alkyl halides is 3. The monoisotopic (exact) mass is 508 g/mol. The summed E-state index contributed by atoms with van der Waals surface area (Å²) in [6, 6.07) is 9.61. The van der Waals surface area contributed by atoms with Gasteiger partial charge in [0.15, 0.2) is 11.0 Å².